The molecule has 3 heterocycles. The average Bonchev–Trinajstić information content (AvgIpc) is 2.83. The number of hydrogen-bond acceptors (Lipinski definition) is 4. The number of hydrogen-bond donors (Lipinski definition) is 1. The highest BCUT2D eigenvalue weighted by Crippen LogP contribution is 2.23. The number of aromatic nitrogens is 2. The lowest BCUT2D eigenvalue weighted by Crippen LogP contribution is -2.32. The van der Waals surface area contributed by atoms with Crippen LogP contribution in [0.1, 0.15) is 30.1 Å². The van der Waals surface area contributed by atoms with Gasteiger partial charge in [0.15, 0.2) is 0 Å². The number of fused-ring (bicyclic) bond motifs is 1. The van der Waals surface area contributed by atoms with Crippen molar-refractivity contribution in [3.63, 3.8) is 0 Å². The fraction of sp³-hybridized carbons (Fsp3) is 0.786. The quantitative estimate of drug-likeness (QED) is 0.915. The van der Waals surface area contributed by atoms with E-state index in [0.29, 0.717) is 11.8 Å². The molecule has 6 heteroatoms. The highest BCUT2D eigenvalue weighted by atomic mass is 35.5. The second-order valence-electron chi connectivity index (χ2n) is 5.61. The van der Waals surface area contributed by atoms with Crippen LogP contribution in [-0.2, 0) is 23.1 Å². The largest absolute Gasteiger partial charge is 0.381 e. The van der Waals surface area contributed by atoms with E-state index in [4.69, 9.17) is 9.47 Å². The normalized spacial score (nSPS) is 23.1. The molecule has 2 aliphatic heterocycles. The Morgan fingerprint density at radius 3 is 3.00 bits per heavy atom. The smallest absolute Gasteiger partial charge is 0.0949 e. The zero-order valence-corrected chi connectivity index (χ0v) is 12.8. The van der Waals surface area contributed by atoms with Gasteiger partial charge in [0, 0.05) is 51.6 Å². The molecule has 0 bridgehead atoms. The van der Waals surface area contributed by atoms with Gasteiger partial charge in [-0.3, -0.25) is 0 Å². The van der Waals surface area contributed by atoms with Crippen molar-refractivity contribution in [2.45, 2.75) is 25.3 Å². The van der Waals surface area contributed by atoms with Gasteiger partial charge in [-0.1, -0.05) is 0 Å². The van der Waals surface area contributed by atoms with Gasteiger partial charge in [-0.15, -0.1) is 12.4 Å². The summed E-state index contributed by atoms with van der Waals surface area (Å²) in [5, 5.41) is 3.42. The van der Waals surface area contributed by atoms with E-state index in [1.807, 2.05) is 6.33 Å². The van der Waals surface area contributed by atoms with E-state index >= 15 is 0 Å². The highest BCUT2D eigenvalue weighted by molar-refractivity contribution is 5.85. The molecule has 0 amide bonds. The van der Waals surface area contributed by atoms with Crippen LogP contribution < -0.4 is 5.32 Å². The van der Waals surface area contributed by atoms with Crippen molar-refractivity contribution in [1.29, 1.82) is 0 Å². The van der Waals surface area contributed by atoms with Crippen molar-refractivity contribution >= 4 is 12.4 Å². The summed E-state index contributed by atoms with van der Waals surface area (Å²) in [4.78, 5) is 4.43. The summed E-state index contributed by atoms with van der Waals surface area (Å²) in [5.41, 5.74) is 2.51. The van der Waals surface area contributed by atoms with Crippen LogP contribution in [-0.4, -0.2) is 42.5 Å². The van der Waals surface area contributed by atoms with E-state index in [2.05, 4.69) is 21.9 Å². The molecule has 1 aromatic heterocycles. The Hall–Kier alpha value is -0.620. The maximum Gasteiger partial charge on any atom is 0.0949 e. The molecule has 0 radical (unpaired) electrons. The van der Waals surface area contributed by atoms with E-state index in [1.54, 1.807) is 0 Å². The molecule has 0 aromatic carbocycles. The first-order chi connectivity index (χ1) is 9.34. The Kier molecular flexibility index (Phi) is 5.84. The zero-order chi connectivity index (χ0) is 13.1. The van der Waals surface area contributed by atoms with Gasteiger partial charge in [-0.2, -0.15) is 0 Å². The number of nitrogens with one attached hydrogen (secondary N) is 1. The van der Waals surface area contributed by atoms with E-state index in [0.717, 1.165) is 52.4 Å². The summed E-state index contributed by atoms with van der Waals surface area (Å²) in [5.74, 6) is 1.10. The Bertz CT molecular complexity index is 419. The number of aryl methyl sites for hydroxylation is 1. The number of ether oxygens (including phenoxy) is 2. The SMILES string of the molecule is Cl.Cn1cnc2c1C(COCC1CCOCC1)CNC2. The maximum atomic E-state index is 5.96. The first-order valence-corrected chi connectivity index (χ1v) is 7.21. The third-order valence-electron chi connectivity index (χ3n) is 4.15. The van der Waals surface area contributed by atoms with Crippen LogP contribution in [0.3, 0.4) is 0 Å². The van der Waals surface area contributed by atoms with Crippen LogP contribution in [0.15, 0.2) is 6.33 Å². The molecule has 0 saturated carbocycles. The fourth-order valence-electron chi connectivity index (χ4n) is 3.04. The second kappa shape index (κ2) is 7.41. The van der Waals surface area contributed by atoms with Crippen molar-refractivity contribution in [3.8, 4) is 0 Å². The molecule has 5 nitrogen and oxygen atoms in total. The first-order valence-electron chi connectivity index (χ1n) is 7.21. The molecule has 1 unspecified atom stereocenters. The lowest BCUT2D eigenvalue weighted by atomic mass is 10.00. The second-order valence-corrected chi connectivity index (χ2v) is 5.61. The Morgan fingerprint density at radius 2 is 2.20 bits per heavy atom. The summed E-state index contributed by atoms with van der Waals surface area (Å²) in [6.45, 7) is 5.31. The van der Waals surface area contributed by atoms with Crippen LogP contribution in [0.4, 0.5) is 0 Å². The van der Waals surface area contributed by atoms with Crippen LogP contribution in [0.2, 0.25) is 0 Å². The summed E-state index contributed by atoms with van der Waals surface area (Å²) in [7, 11) is 2.07. The van der Waals surface area contributed by atoms with Crippen molar-refractivity contribution in [1.82, 2.24) is 14.9 Å². The molecular weight excluding hydrogens is 278 g/mol. The molecule has 1 fully saturated rings. The van der Waals surface area contributed by atoms with E-state index in [-0.39, 0.29) is 12.4 Å². The van der Waals surface area contributed by atoms with Crippen molar-refractivity contribution in [3.05, 3.63) is 17.7 Å². The number of rotatable bonds is 4. The van der Waals surface area contributed by atoms with Crippen molar-refractivity contribution in [2.75, 3.05) is 33.0 Å². The van der Waals surface area contributed by atoms with Crippen LogP contribution in [0.25, 0.3) is 0 Å². The minimum absolute atomic E-state index is 0. The number of nitrogens with zero attached hydrogens (tertiary/aromatic N) is 2. The van der Waals surface area contributed by atoms with Gasteiger partial charge in [0.25, 0.3) is 0 Å². The Balaban J connectivity index is 0.00000147. The lowest BCUT2D eigenvalue weighted by molar-refractivity contribution is 0.0163. The van der Waals surface area contributed by atoms with Gasteiger partial charge in [-0.05, 0) is 18.8 Å². The van der Waals surface area contributed by atoms with Crippen molar-refractivity contribution in [2.24, 2.45) is 13.0 Å². The van der Waals surface area contributed by atoms with E-state index in [1.165, 1.54) is 11.4 Å². The standard InChI is InChI=1S/C14H23N3O2.ClH/c1-17-10-16-13-7-15-6-12(14(13)17)9-19-8-11-2-4-18-5-3-11;/h10-12,15H,2-9H2,1H3;1H. The molecule has 1 N–H and O–H groups in total. The minimum Gasteiger partial charge on any atom is -0.381 e. The predicted octanol–water partition coefficient (Wildman–Crippen LogP) is 1.47. The molecular formula is C14H24ClN3O2. The van der Waals surface area contributed by atoms with E-state index < -0.39 is 0 Å². The van der Waals surface area contributed by atoms with Crippen molar-refractivity contribution < 1.29 is 9.47 Å². The monoisotopic (exact) mass is 301 g/mol. The van der Waals surface area contributed by atoms with E-state index in [9.17, 15) is 0 Å². The summed E-state index contributed by atoms with van der Waals surface area (Å²) >= 11 is 0. The van der Waals surface area contributed by atoms with Gasteiger partial charge in [0.2, 0.25) is 0 Å². The van der Waals surface area contributed by atoms with Crippen LogP contribution in [0.5, 0.6) is 0 Å². The predicted molar refractivity (Wildman–Crippen MR) is 79.3 cm³/mol. The number of halogens is 1. The molecule has 1 aromatic rings. The Labute approximate surface area is 126 Å². The minimum atomic E-state index is 0. The zero-order valence-electron chi connectivity index (χ0n) is 12.0. The van der Waals surface area contributed by atoms with Gasteiger partial charge in [0.1, 0.15) is 0 Å². The summed E-state index contributed by atoms with van der Waals surface area (Å²) in [6, 6.07) is 0. The molecule has 0 aliphatic carbocycles. The lowest BCUT2D eigenvalue weighted by Gasteiger charge is -2.26. The molecule has 2 aliphatic rings. The Morgan fingerprint density at radius 1 is 1.40 bits per heavy atom. The fourth-order valence-corrected chi connectivity index (χ4v) is 3.04. The van der Waals surface area contributed by atoms with Gasteiger partial charge < -0.3 is 19.4 Å². The summed E-state index contributed by atoms with van der Waals surface area (Å²) < 4.78 is 13.5. The third-order valence-corrected chi connectivity index (χ3v) is 4.15. The van der Waals surface area contributed by atoms with Gasteiger partial charge in [0.05, 0.1) is 18.6 Å². The molecule has 0 spiro atoms. The maximum absolute atomic E-state index is 5.96. The number of imidazole rings is 1. The van der Waals surface area contributed by atoms with Crippen LogP contribution >= 0.6 is 12.4 Å². The van der Waals surface area contributed by atoms with Gasteiger partial charge in [-0.25, -0.2) is 4.98 Å². The van der Waals surface area contributed by atoms with Crippen LogP contribution in [0, 0.1) is 5.92 Å². The molecule has 3 rings (SSSR count). The molecule has 1 saturated heterocycles. The summed E-state index contributed by atoms with van der Waals surface area (Å²) in [6.07, 6.45) is 4.18. The molecule has 114 valence electrons. The van der Waals surface area contributed by atoms with Gasteiger partial charge >= 0.3 is 0 Å². The first kappa shape index (κ1) is 15.8. The third kappa shape index (κ3) is 3.52. The average molecular weight is 302 g/mol. The topological polar surface area (TPSA) is 48.3 Å². The molecule has 20 heavy (non-hydrogen) atoms. The molecule has 1 atom stereocenters. The highest BCUT2D eigenvalue weighted by Gasteiger charge is 2.24.